The van der Waals surface area contributed by atoms with Crippen LogP contribution in [0.4, 0.5) is 26.3 Å². The number of rotatable bonds is 3. The lowest BCUT2D eigenvalue weighted by Crippen LogP contribution is -2.37. The van der Waals surface area contributed by atoms with Crippen LogP contribution in [-0.2, 0) is 17.1 Å². The number of hydrogen-bond donors (Lipinski definition) is 4. The van der Waals surface area contributed by atoms with Crippen LogP contribution < -0.4 is 17.2 Å². The van der Waals surface area contributed by atoms with E-state index in [1.165, 1.54) is 32.1 Å². The summed E-state index contributed by atoms with van der Waals surface area (Å²) in [4.78, 5) is 20.0. The molecule has 1 fully saturated rings. The third kappa shape index (κ3) is 11.1. The van der Waals surface area contributed by atoms with E-state index >= 15 is 0 Å². The molecule has 6 nitrogen and oxygen atoms in total. The van der Waals surface area contributed by atoms with Crippen molar-refractivity contribution in [1.29, 1.82) is 0 Å². The van der Waals surface area contributed by atoms with E-state index in [-0.39, 0.29) is 18.9 Å². The number of carboxylic acids is 1. The third-order valence-electron chi connectivity index (χ3n) is 3.97. The van der Waals surface area contributed by atoms with Crippen molar-refractivity contribution in [2.75, 3.05) is 6.54 Å². The molecule has 0 radical (unpaired) electrons. The number of benzene rings is 1. The minimum Gasteiger partial charge on any atom is -0.480 e. The Labute approximate surface area is 169 Å². The molecule has 1 aliphatic rings. The van der Waals surface area contributed by atoms with Gasteiger partial charge < -0.3 is 22.3 Å². The molecule has 172 valence electrons. The first kappa shape index (κ1) is 27.8. The Morgan fingerprint density at radius 3 is 1.67 bits per heavy atom. The van der Waals surface area contributed by atoms with Crippen LogP contribution >= 0.6 is 0 Å². The molecular formula is C18H25F6N3O3. The zero-order chi connectivity index (χ0) is 23.5. The van der Waals surface area contributed by atoms with E-state index in [4.69, 9.17) is 22.3 Å². The molecule has 12 heteroatoms. The maximum absolute atomic E-state index is 12.2. The Morgan fingerprint density at radius 1 is 1.03 bits per heavy atom. The molecule has 1 saturated carbocycles. The number of carbonyl (C=O) groups is 2. The van der Waals surface area contributed by atoms with Gasteiger partial charge in [0.25, 0.3) is 0 Å². The first-order chi connectivity index (χ1) is 13.7. The first-order valence-corrected chi connectivity index (χ1v) is 8.91. The van der Waals surface area contributed by atoms with Gasteiger partial charge in [-0.05, 0) is 31.0 Å². The van der Waals surface area contributed by atoms with Gasteiger partial charge in [-0.15, -0.1) is 0 Å². The first-order valence-electron chi connectivity index (χ1n) is 8.91. The molecule has 1 aliphatic carbocycles. The van der Waals surface area contributed by atoms with Gasteiger partial charge in [0.05, 0.1) is 11.1 Å². The highest BCUT2D eigenvalue weighted by molar-refractivity contribution is 5.75. The quantitative estimate of drug-likeness (QED) is 0.417. The molecule has 0 spiro atoms. The Balaban J connectivity index is 0.000000495. The minimum absolute atomic E-state index is 0.00463. The summed E-state index contributed by atoms with van der Waals surface area (Å²) in [7, 11) is 0. The Hall–Kier alpha value is -2.18. The minimum atomic E-state index is -4.92. The molecule has 2 rings (SSSR count). The van der Waals surface area contributed by atoms with Gasteiger partial charge in [-0.25, -0.2) is 0 Å². The van der Waals surface area contributed by atoms with Gasteiger partial charge in [0.2, 0.25) is 0 Å². The van der Waals surface area contributed by atoms with Crippen LogP contribution in [0.1, 0.15) is 53.6 Å². The van der Waals surface area contributed by atoms with Crippen LogP contribution in [0.15, 0.2) is 18.2 Å². The van der Waals surface area contributed by atoms with Gasteiger partial charge in [0.1, 0.15) is 12.3 Å². The van der Waals surface area contributed by atoms with Crippen molar-refractivity contribution in [2.24, 2.45) is 17.2 Å². The number of hydrogen-bond acceptors (Lipinski definition) is 5. The summed E-state index contributed by atoms with van der Waals surface area (Å²) in [5.74, 6) is -1.05. The van der Waals surface area contributed by atoms with Crippen molar-refractivity contribution in [2.45, 2.75) is 56.5 Å². The molecule has 0 aromatic heterocycles. The number of carbonyl (C=O) groups excluding carboxylic acids is 1. The smallest absolute Gasteiger partial charge is 0.416 e. The van der Waals surface area contributed by atoms with E-state index < -0.39 is 41.1 Å². The molecular weight excluding hydrogens is 420 g/mol. The van der Waals surface area contributed by atoms with Gasteiger partial charge in [-0.1, -0.05) is 19.3 Å². The summed E-state index contributed by atoms with van der Waals surface area (Å²) in [5.41, 5.74) is 11.7. The molecule has 1 aromatic rings. The highest BCUT2D eigenvalue weighted by Gasteiger charge is 2.36. The summed E-state index contributed by atoms with van der Waals surface area (Å²) in [5, 5.41) is 7.98. The normalized spacial score (nSPS) is 15.8. The lowest BCUT2D eigenvalue weighted by molar-refractivity contribution is -0.143. The zero-order valence-electron chi connectivity index (χ0n) is 16.0. The predicted molar refractivity (Wildman–Crippen MR) is 97.6 cm³/mol. The molecule has 0 bridgehead atoms. The van der Waals surface area contributed by atoms with Crippen molar-refractivity contribution < 1.29 is 41.0 Å². The summed E-state index contributed by atoms with van der Waals surface area (Å²) >= 11 is 0. The van der Waals surface area contributed by atoms with E-state index in [9.17, 15) is 35.9 Å². The molecule has 0 saturated heterocycles. The van der Waals surface area contributed by atoms with E-state index in [1.54, 1.807) is 0 Å². The SMILES string of the molecule is NC1CCCCC1.NC[C@H](N)C(=O)O.O=Cc1cc(C(F)(F)F)cc(C(F)(F)F)c1. The fourth-order valence-corrected chi connectivity index (χ4v) is 2.28. The predicted octanol–water partition coefficient (Wildman–Crippen LogP) is 3.17. The monoisotopic (exact) mass is 445 g/mol. The number of nitrogens with two attached hydrogens (primary N) is 3. The molecule has 0 unspecified atom stereocenters. The van der Waals surface area contributed by atoms with Crippen LogP contribution in [0.3, 0.4) is 0 Å². The lowest BCUT2D eigenvalue weighted by Gasteiger charge is -2.15. The second-order valence-corrected chi connectivity index (χ2v) is 6.54. The molecule has 1 atom stereocenters. The lowest BCUT2D eigenvalue weighted by atomic mass is 9.97. The van der Waals surface area contributed by atoms with Gasteiger partial charge >= 0.3 is 18.3 Å². The van der Waals surface area contributed by atoms with E-state index in [0.717, 1.165) is 0 Å². The fraction of sp³-hybridized carbons (Fsp3) is 0.556. The van der Waals surface area contributed by atoms with Gasteiger partial charge in [0.15, 0.2) is 0 Å². The number of aldehydes is 1. The van der Waals surface area contributed by atoms with E-state index in [2.05, 4.69) is 0 Å². The maximum Gasteiger partial charge on any atom is 0.416 e. The third-order valence-corrected chi connectivity index (χ3v) is 3.97. The van der Waals surface area contributed by atoms with Crippen LogP contribution in [0, 0.1) is 0 Å². The van der Waals surface area contributed by atoms with Gasteiger partial charge in [0, 0.05) is 18.2 Å². The molecule has 1 aromatic carbocycles. The van der Waals surface area contributed by atoms with Crippen molar-refractivity contribution in [1.82, 2.24) is 0 Å². The highest BCUT2D eigenvalue weighted by atomic mass is 19.4. The standard InChI is InChI=1S/C9H4F6O.C6H13N.C3H8N2O2/c10-8(11,12)6-1-5(4-16)2-7(3-6)9(13,14)15;7-6-4-2-1-3-5-6;4-1-2(5)3(6)7/h1-4H;6H,1-5,7H2;2H,1,4-5H2,(H,6,7)/t;;2-/m..0/s1. The molecule has 7 N–H and O–H groups in total. The summed E-state index contributed by atoms with van der Waals surface area (Å²) in [6, 6.07) is 0.325. The van der Waals surface area contributed by atoms with Crippen molar-refractivity contribution in [3.8, 4) is 0 Å². The Morgan fingerprint density at radius 2 is 1.47 bits per heavy atom. The van der Waals surface area contributed by atoms with Crippen molar-refractivity contribution >= 4 is 12.3 Å². The summed E-state index contributed by atoms with van der Waals surface area (Å²) in [6.45, 7) is -0.00463. The Bertz CT molecular complexity index is 642. The molecule has 30 heavy (non-hydrogen) atoms. The topological polar surface area (TPSA) is 132 Å². The second-order valence-electron chi connectivity index (χ2n) is 6.54. The fourth-order valence-electron chi connectivity index (χ4n) is 2.28. The summed E-state index contributed by atoms with van der Waals surface area (Å²) < 4.78 is 73.1. The molecule has 0 heterocycles. The maximum atomic E-state index is 12.2. The second kappa shape index (κ2) is 12.5. The molecule has 0 amide bonds. The van der Waals surface area contributed by atoms with Crippen LogP contribution in [0.25, 0.3) is 0 Å². The number of halogens is 6. The number of alkyl halides is 6. The van der Waals surface area contributed by atoms with E-state index in [1.807, 2.05) is 0 Å². The van der Waals surface area contributed by atoms with Crippen LogP contribution in [0.2, 0.25) is 0 Å². The van der Waals surface area contributed by atoms with Crippen molar-refractivity contribution in [3.05, 3.63) is 34.9 Å². The number of carboxylic acid groups (broad SMARTS) is 1. The summed E-state index contributed by atoms with van der Waals surface area (Å²) in [6.07, 6.45) is -3.24. The van der Waals surface area contributed by atoms with Gasteiger partial charge in [-0.3, -0.25) is 9.59 Å². The largest absolute Gasteiger partial charge is 0.480 e. The highest BCUT2D eigenvalue weighted by Crippen LogP contribution is 2.35. The zero-order valence-corrected chi connectivity index (χ0v) is 16.0. The Kier molecular flexibility index (Phi) is 11.6. The van der Waals surface area contributed by atoms with Crippen molar-refractivity contribution in [3.63, 3.8) is 0 Å². The van der Waals surface area contributed by atoms with Crippen LogP contribution in [0.5, 0.6) is 0 Å². The average molecular weight is 445 g/mol. The van der Waals surface area contributed by atoms with E-state index in [0.29, 0.717) is 18.2 Å². The van der Waals surface area contributed by atoms with Crippen LogP contribution in [-0.4, -0.2) is 36.0 Å². The average Bonchev–Trinajstić information content (AvgIpc) is 2.67. The van der Waals surface area contributed by atoms with Gasteiger partial charge in [-0.2, -0.15) is 26.3 Å². The molecule has 0 aliphatic heterocycles. The number of aliphatic carboxylic acids is 1.